The summed E-state index contributed by atoms with van der Waals surface area (Å²) in [7, 11) is -3.41. The Morgan fingerprint density at radius 2 is 1.78 bits per heavy atom. The average Bonchev–Trinajstić information content (AvgIpc) is 2.59. The number of hydrogen-bond acceptors (Lipinski definition) is 4. The highest BCUT2D eigenvalue weighted by atomic mass is 32.2. The van der Waals surface area contributed by atoms with E-state index >= 15 is 0 Å². The summed E-state index contributed by atoms with van der Waals surface area (Å²) in [6, 6.07) is 12.5. The van der Waals surface area contributed by atoms with Crippen molar-refractivity contribution in [2.45, 2.75) is 26.2 Å². The van der Waals surface area contributed by atoms with Gasteiger partial charge in [-0.05, 0) is 41.3 Å². The predicted octanol–water partition coefficient (Wildman–Crippen LogP) is 3.39. The number of nitrogens with zero attached hydrogens (tertiary/aromatic N) is 1. The Hall–Kier alpha value is -2.54. The quantitative estimate of drug-likeness (QED) is 0.874. The lowest BCUT2D eigenvalue weighted by molar-refractivity contribution is 0.102. The molecular formula is C20H24N2O4S. The van der Waals surface area contributed by atoms with E-state index in [9.17, 15) is 13.2 Å². The molecule has 0 fully saturated rings. The van der Waals surface area contributed by atoms with Gasteiger partial charge >= 0.3 is 0 Å². The molecule has 0 aliphatic carbocycles. The summed E-state index contributed by atoms with van der Waals surface area (Å²) in [4.78, 5) is 12.5. The minimum atomic E-state index is -3.41. The van der Waals surface area contributed by atoms with Crippen molar-refractivity contribution < 1.29 is 17.9 Å². The van der Waals surface area contributed by atoms with Gasteiger partial charge in [0.25, 0.3) is 5.91 Å². The highest BCUT2D eigenvalue weighted by Crippen LogP contribution is 2.35. The minimum absolute atomic E-state index is 0.0165. The lowest BCUT2D eigenvalue weighted by Crippen LogP contribution is -2.37. The molecule has 1 aliphatic rings. The molecule has 0 atom stereocenters. The van der Waals surface area contributed by atoms with Crippen LogP contribution in [0.15, 0.2) is 42.5 Å². The number of sulfonamides is 1. The van der Waals surface area contributed by atoms with Crippen LogP contribution in [0.4, 0.5) is 11.4 Å². The molecule has 144 valence electrons. The Morgan fingerprint density at radius 1 is 1.11 bits per heavy atom. The van der Waals surface area contributed by atoms with Gasteiger partial charge in [-0.1, -0.05) is 32.9 Å². The molecule has 0 unspecified atom stereocenters. The van der Waals surface area contributed by atoms with E-state index in [0.717, 1.165) is 11.8 Å². The van der Waals surface area contributed by atoms with Gasteiger partial charge in [0.2, 0.25) is 10.0 Å². The monoisotopic (exact) mass is 388 g/mol. The topological polar surface area (TPSA) is 75.7 Å². The van der Waals surface area contributed by atoms with E-state index in [2.05, 4.69) is 26.1 Å². The summed E-state index contributed by atoms with van der Waals surface area (Å²) in [6.07, 6.45) is 1.16. The van der Waals surface area contributed by atoms with Gasteiger partial charge in [0, 0.05) is 11.3 Å². The molecule has 0 saturated heterocycles. The second-order valence-corrected chi connectivity index (χ2v) is 9.55. The van der Waals surface area contributed by atoms with E-state index in [0.29, 0.717) is 29.3 Å². The van der Waals surface area contributed by atoms with Crippen molar-refractivity contribution in [3.63, 3.8) is 0 Å². The Labute approximate surface area is 160 Å². The molecule has 0 saturated carbocycles. The van der Waals surface area contributed by atoms with Crippen molar-refractivity contribution in [1.29, 1.82) is 0 Å². The van der Waals surface area contributed by atoms with Gasteiger partial charge in [-0.3, -0.25) is 9.10 Å². The molecule has 3 rings (SSSR count). The zero-order valence-corrected chi connectivity index (χ0v) is 16.8. The second-order valence-electron chi connectivity index (χ2n) is 7.65. The maximum atomic E-state index is 12.5. The van der Waals surface area contributed by atoms with E-state index in [4.69, 9.17) is 4.74 Å². The van der Waals surface area contributed by atoms with Crippen molar-refractivity contribution in [3.8, 4) is 5.75 Å². The number of anilines is 2. The SMILES string of the molecule is CC(C)(C)c1ccc(C(=O)Nc2ccc3c(c2)N(S(C)(=O)=O)CCO3)cc1. The summed E-state index contributed by atoms with van der Waals surface area (Å²) in [5.74, 6) is 0.234. The molecule has 27 heavy (non-hydrogen) atoms. The molecule has 0 radical (unpaired) electrons. The molecule has 0 spiro atoms. The third-order valence-corrected chi connectivity index (χ3v) is 5.63. The number of ether oxygens (including phenoxy) is 1. The third-order valence-electron chi connectivity index (χ3n) is 4.45. The van der Waals surface area contributed by atoms with Gasteiger partial charge in [0.05, 0.1) is 18.5 Å². The van der Waals surface area contributed by atoms with Gasteiger partial charge < -0.3 is 10.1 Å². The molecule has 7 heteroatoms. The van der Waals surface area contributed by atoms with E-state index in [-0.39, 0.29) is 17.9 Å². The summed E-state index contributed by atoms with van der Waals surface area (Å²) < 4.78 is 30.8. The van der Waals surface area contributed by atoms with Crippen LogP contribution in [0.5, 0.6) is 5.75 Å². The molecule has 1 aliphatic heterocycles. The Bertz CT molecular complexity index is 960. The average molecular weight is 388 g/mol. The lowest BCUT2D eigenvalue weighted by atomic mass is 9.87. The van der Waals surface area contributed by atoms with Crippen molar-refractivity contribution in [1.82, 2.24) is 0 Å². The number of benzene rings is 2. The van der Waals surface area contributed by atoms with Crippen LogP contribution in [-0.2, 0) is 15.4 Å². The van der Waals surface area contributed by atoms with Crippen molar-refractivity contribution >= 4 is 27.3 Å². The van der Waals surface area contributed by atoms with Gasteiger partial charge in [0.1, 0.15) is 12.4 Å². The first kappa shape index (κ1) is 19.2. The van der Waals surface area contributed by atoms with Crippen LogP contribution in [0.1, 0.15) is 36.7 Å². The highest BCUT2D eigenvalue weighted by molar-refractivity contribution is 7.92. The molecule has 2 aromatic carbocycles. The number of rotatable bonds is 3. The predicted molar refractivity (Wildman–Crippen MR) is 107 cm³/mol. The highest BCUT2D eigenvalue weighted by Gasteiger charge is 2.25. The number of hydrogen-bond donors (Lipinski definition) is 1. The summed E-state index contributed by atoms with van der Waals surface area (Å²) in [5.41, 5.74) is 2.65. The van der Waals surface area contributed by atoms with Crippen LogP contribution in [0.3, 0.4) is 0 Å². The first-order valence-corrected chi connectivity index (χ1v) is 10.6. The second kappa shape index (κ2) is 6.88. The molecule has 0 aromatic heterocycles. The fourth-order valence-corrected chi connectivity index (χ4v) is 3.85. The van der Waals surface area contributed by atoms with Gasteiger partial charge in [-0.2, -0.15) is 0 Å². The molecule has 2 aromatic rings. The van der Waals surface area contributed by atoms with Crippen LogP contribution in [0.2, 0.25) is 0 Å². The maximum Gasteiger partial charge on any atom is 0.255 e. The smallest absolute Gasteiger partial charge is 0.255 e. The number of carbonyl (C=O) groups excluding carboxylic acids is 1. The molecule has 1 N–H and O–H groups in total. The van der Waals surface area contributed by atoms with E-state index in [1.807, 2.05) is 12.1 Å². The normalized spacial score (nSPS) is 14.3. The lowest BCUT2D eigenvalue weighted by Gasteiger charge is -2.29. The van der Waals surface area contributed by atoms with Crippen LogP contribution in [0, 0.1) is 0 Å². The first-order chi connectivity index (χ1) is 12.6. The number of carbonyl (C=O) groups is 1. The van der Waals surface area contributed by atoms with Crippen LogP contribution >= 0.6 is 0 Å². The van der Waals surface area contributed by atoms with Crippen molar-refractivity contribution in [2.24, 2.45) is 0 Å². The maximum absolute atomic E-state index is 12.5. The van der Waals surface area contributed by atoms with Crippen LogP contribution < -0.4 is 14.4 Å². The van der Waals surface area contributed by atoms with Crippen molar-refractivity contribution in [2.75, 3.05) is 29.0 Å². The summed E-state index contributed by atoms with van der Waals surface area (Å²) >= 11 is 0. The Morgan fingerprint density at radius 3 is 2.37 bits per heavy atom. The Balaban J connectivity index is 1.83. The zero-order chi connectivity index (χ0) is 19.8. The Kier molecular flexibility index (Phi) is 4.90. The molecule has 0 bridgehead atoms. The zero-order valence-electron chi connectivity index (χ0n) is 15.9. The molecule has 1 amide bonds. The number of amides is 1. The number of nitrogens with one attached hydrogen (secondary N) is 1. The van der Waals surface area contributed by atoms with Crippen LogP contribution in [0.25, 0.3) is 0 Å². The fraction of sp³-hybridized carbons (Fsp3) is 0.350. The van der Waals surface area contributed by atoms with Crippen LogP contribution in [-0.4, -0.2) is 33.7 Å². The van der Waals surface area contributed by atoms with Gasteiger partial charge in [-0.25, -0.2) is 8.42 Å². The first-order valence-electron chi connectivity index (χ1n) is 8.72. The van der Waals surface area contributed by atoms with Gasteiger partial charge in [0.15, 0.2) is 0 Å². The molecular weight excluding hydrogens is 364 g/mol. The standard InChI is InChI=1S/C20H24N2O4S/c1-20(2,3)15-7-5-14(6-8-15)19(23)21-16-9-10-18-17(13-16)22(11-12-26-18)27(4,24)25/h5-10,13H,11-12H2,1-4H3,(H,21,23). The van der Waals surface area contributed by atoms with E-state index < -0.39 is 10.0 Å². The molecule has 6 nitrogen and oxygen atoms in total. The van der Waals surface area contributed by atoms with E-state index in [1.165, 1.54) is 4.31 Å². The van der Waals surface area contributed by atoms with E-state index in [1.54, 1.807) is 30.3 Å². The van der Waals surface area contributed by atoms with Crippen molar-refractivity contribution in [3.05, 3.63) is 53.6 Å². The largest absolute Gasteiger partial charge is 0.489 e. The summed E-state index contributed by atoms with van der Waals surface area (Å²) in [5, 5.41) is 2.82. The minimum Gasteiger partial charge on any atom is -0.489 e. The van der Waals surface area contributed by atoms with Gasteiger partial charge in [-0.15, -0.1) is 0 Å². The fourth-order valence-electron chi connectivity index (χ4n) is 2.94. The molecule has 1 heterocycles. The third kappa shape index (κ3) is 4.24. The summed E-state index contributed by atoms with van der Waals surface area (Å²) in [6.45, 7) is 6.89. The number of fused-ring (bicyclic) bond motifs is 1.